The molecule has 0 aromatic heterocycles. The Labute approximate surface area is 92.4 Å². The Hall–Kier alpha value is -0.370. The summed E-state index contributed by atoms with van der Waals surface area (Å²) in [6.07, 6.45) is 4.60. The maximum Gasteiger partial charge on any atom is 0.129 e. The number of Topliss-reactive ketones (excluding diaryl/α,β-unsaturated/α-hetero) is 1. The predicted molar refractivity (Wildman–Crippen MR) is 59.7 cm³/mol. The van der Waals surface area contributed by atoms with Crippen LogP contribution < -0.4 is 0 Å². The van der Waals surface area contributed by atoms with Crippen LogP contribution >= 0.6 is 0 Å². The Morgan fingerprint density at radius 3 is 2.67 bits per heavy atom. The van der Waals surface area contributed by atoms with E-state index in [0.717, 1.165) is 6.42 Å². The van der Waals surface area contributed by atoms with Gasteiger partial charge in [-0.05, 0) is 44.4 Å². The van der Waals surface area contributed by atoms with Crippen LogP contribution in [-0.4, -0.2) is 17.5 Å². The molecule has 1 heterocycles. The van der Waals surface area contributed by atoms with Gasteiger partial charge < -0.3 is 9.53 Å². The summed E-state index contributed by atoms with van der Waals surface area (Å²) >= 11 is 0. The molecular formula is C13H22O2. The van der Waals surface area contributed by atoms with Crippen LogP contribution in [0.4, 0.5) is 0 Å². The van der Waals surface area contributed by atoms with Crippen molar-refractivity contribution in [2.45, 2.75) is 65.1 Å². The lowest BCUT2D eigenvalue weighted by Gasteiger charge is -2.40. The molecule has 15 heavy (non-hydrogen) atoms. The molecule has 2 aliphatic rings. The lowest BCUT2D eigenvalue weighted by Crippen LogP contribution is -2.40. The van der Waals surface area contributed by atoms with Crippen molar-refractivity contribution >= 4 is 5.78 Å². The molecule has 1 saturated carbocycles. The van der Waals surface area contributed by atoms with Gasteiger partial charge in [-0.1, -0.05) is 13.8 Å². The molecule has 0 bridgehead atoms. The van der Waals surface area contributed by atoms with Crippen LogP contribution in [0.2, 0.25) is 0 Å². The highest BCUT2D eigenvalue weighted by molar-refractivity contribution is 5.75. The van der Waals surface area contributed by atoms with Gasteiger partial charge in [0.05, 0.1) is 11.7 Å². The van der Waals surface area contributed by atoms with Crippen molar-refractivity contribution in [1.82, 2.24) is 0 Å². The standard InChI is InChI=1S/C13H22O2/c1-9(14)5-6-10-12(2,3)8-7-11-13(10,4)15-11/h10-11H,5-8H2,1-4H3/t10-,11-,13+/m0/s1. The maximum absolute atomic E-state index is 11.1. The molecular weight excluding hydrogens is 188 g/mol. The third kappa shape index (κ3) is 1.84. The van der Waals surface area contributed by atoms with E-state index in [2.05, 4.69) is 20.8 Å². The first kappa shape index (κ1) is 11.1. The van der Waals surface area contributed by atoms with Gasteiger partial charge in [-0.25, -0.2) is 0 Å². The Morgan fingerprint density at radius 1 is 1.40 bits per heavy atom. The van der Waals surface area contributed by atoms with Crippen LogP contribution in [0.5, 0.6) is 0 Å². The molecule has 1 aliphatic carbocycles. The van der Waals surface area contributed by atoms with Crippen molar-refractivity contribution in [1.29, 1.82) is 0 Å². The van der Waals surface area contributed by atoms with Crippen molar-refractivity contribution < 1.29 is 9.53 Å². The summed E-state index contributed by atoms with van der Waals surface area (Å²) in [7, 11) is 0. The van der Waals surface area contributed by atoms with E-state index in [1.807, 2.05) is 0 Å². The molecule has 1 aliphatic heterocycles. The minimum atomic E-state index is 0.0806. The molecule has 0 aromatic rings. The number of ketones is 1. The molecule has 86 valence electrons. The van der Waals surface area contributed by atoms with E-state index in [1.54, 1.807) is 6.92 Å². The van der Waals surface area contributed by atoms with Gasteiger partial charge >= 0.3 is 0 Å². The van der Waals surface area contributed by atoms with Gasteiger partial charge in [0.1, 0.15) is 5.78 Å². The predicted octanol–water partition coefficient (Wildman–Crippen LogP) is 2.95. The van der Waals surface area contributed by atoms with Crippen molar-refractivity contribution in [2.24, 2.45) is 11.3 Å². The zero-order chi connectivity index (χ0) is 11.3. The van der Waals surface area contributed by atoms with E-state index < -0.39 is 0 Å². The summed E-state index contributed by atoms with van der Waals surface area (Å²) in [4.78, 5) is 11.1. The quantitative estimate of drug-likeness (QED) is 0.670. The maximum atomic E-state index is 11.1. The largest absolute Gasteiger partial charge is 0.366 e. The van der Waals surface area contributed by atoms with Gasteiger partial charge in [-0.3, -0.25) is 0 Å². The molecule has 2 fully saturated rings. The molecule has 0 radical (unpaired) electrons. The number of hydrogen-bond donors (Lipinski definition) is 0. The van der Waals surface area contributed by atoms with Crippen LogP contribution in [-0.2, 0) is 9.53 Å². The van der Waals surface area contributed by atoms with Crippen LogP contribution in [0.3, 0.4) is 0 Å². The molecule has 0 unspecified atom stereocenters. The smallest absolute Gasteiger partial charge is 0.129 e. The first-order chi connectivity index (χ1) is 6.86. The normalized spacial score (nSPS) is 42.1. The van der Waals surface area contributed by atoms with E-state index in [9.17, 15) is 4.79 Å². The fourth-order valence-electron chi connectivity index (χ4n) is 3.40. The number of carbonyl (C=O) groups excluding carboxylic acids is 1. The second kappa shape index (κ2) is 3.31. The molecule has 0 spiro atoms. The summed E-state index contributed by atoms with van der Waals surface area (Å²) in [5.74, 6) is 0.852. The Balaban J connectivity index is 2.07. The second-order valence-corrected chi connectivity index (χ2v) is 6.11. The minimum absolute atomic E-state index is 0.0806. The van der Waals surface area contributed by atoms with Gasteiger partial charge in [0, 0.05) is 6.42 Å². The zero-order valence-electron chi connectivity index (χ0n) is 10.3. The number of epoxide rings is 1. The van der Waals surface area contributed by atoms with Gasteiger partial charge in [0.15, 0.2) is 0 Å². The molecule has 0 N–H and O–H groups in total. The number of ether oxygens (including phenoxy) is 1. The van der Waals surface area contributed by atoms with Crippen LogP contribution in [0.1, 0.15) is 53.4 Å². The molecule has 1 saturated heterocycles. The highest BCUT2D eigenvalue weighted by Gasteiger charge is 2.63. The molecule has 2 nitrogen and oxygen atoms in total. The molecule has 3 atom stereocenters. The number of fused-ring (bicyclic) bond motifs is 1. The highest BCUT2D eigenvalue weighted by Crippen LogP contribution is 2.59. The van der Waals surface area contributed by atoms with Gasteiger partial charge in [0.25, 0.3) is 0 Å². The molecule has 0 amide bonds. The minimum Gasteiger partial charge on any atom is -0.366 e. The summed E-state index contributed by atoms with van der Waals surface area (Å²) in [5, 5.41) is 0. The monoisotopic (exact) mass is 210 g/mol. The van der Waals surface area contributed by atoms with E-state index in [1.165, 1.54) is 12.8 Å². The van der Waals surface area contributed by atoms with E-state index in [0.29, 0.717) is 29.6 Å². The highest BCUT2D eigenvalue weighted by atomic mass is 16.6. The Kier molecular flexibility index (Phi) is 2.45. The number of carbonyl (C=O) groups is 1. The van der Waals surface area contributed by atoms with Crippen molar-refractivity contribution in [3.8, 4) is 0 Å². The molecule has 2 rings (SSSR count). The van der Waals surface area contributed by atoms with E-state index in [-0.39, 0.29) is 5.60 Å². The third-order valence-electron chi connectivity index (χ3n) is 4.45. The number of rotatable bonds is 3. The van der Waals surface area contributed by atoms with Gasteiger partial charge in [-0.2, -0.15) is 0 Å². The van der Waals surface area contributed by atoms with Crippen molar-refractivity contribution in [2.75, 3.05) is 0 Å². The summed E-state index contributed by atoms with van der Waals surface area (Å²) < 4.78 is 5.83. The van der Waals surface area contributed by atoms with Crippen molar-refractivity contribution in [3.05, 3.63) is 0 Å². The first-order valence-corrected chi connectivity index (χ1v) is 6.03. The number of hydrogen-bond acceptors (Lipinski definition) is 2. The van der Waals surface area contributed by atoms with E-state index in [4.69, 9.17) is 4.74 Å². The van der Waals surface area contributed by atoms with Gasteiger partial charge in [-0.15, -0.1) is 0 Å². The summed E-state index contributed by atoms with van der Waals surface area (Å²) in [6, 6.07) is 0. The summed E-state index contributed by atoms with van der Waals surface area (Å²) in [6.45, 7) is 8.55. The molecule has 2 heteroatoms. The zero-order valence-corrected chi connectivity index (χ0v) is 10.3. The molecule has 0 aromatic carbocycles. The van der Waals surface area contributed by atoms with Crippen LogP contribution in [0.15, 0.2) is 0 Å². The third-order valence-corrected chi connectivity index (χ3v) is 4.45. The second-order valence-electron chi connectivity index (χ2n) is 6.11. The Morgan fingerprint density at radius 2 is 2.07 bits per heavy atom. The van der Waals surface area contributed by atoms with Crippen molar-refractivity contribution in [3.63, 3.8) is 0 Å². The van der Waals surface area contributed by atoms with Crippen LogP contribution in [0.25, 0.3) is 0 Å². The van der Waals surface area contributed by atoms with Gasteiger partial charge in [0.2, 0.25) is 0 Å². The summed E-state index contributed by atoms with van der Waals surface area (Å²) in [5.41, 5.74) is 0.411. The topological polar surface area (TPSA) is 29.6 Å². The lowest BCUT2D eigenvalue weighted by atomic mass is 9.62. The average Bonchev–Trinajstić information content (AvgIpc) is 2.74. The van der Waals surface area contributed by atoms with Crippen LogP contribution in [0, 0.1) is 11.3 Å². The lowest BCUT2D eigenvalue weighted by molar-refractivity contribution is -0.117. The fraction of sp³-hybridized carbons (Fsp3) is 0.923. The first-order valence-electron chi connectivity index (χ1n) is 6.03. The van der Waals surface area contributed by atoms with E-state index >= 15 is 0 Å². The Bertz CT molecular complexity index is 278. The average molecular weight is 210 g/mol. The fourth-order valence-corrected chi connectivity index (χ4v) is 3.40. The SMILES string of the molecule is CC(=O)CC[C@H]1C(C)(C)CC[C@@H]2O[C@@]21C.